The van der Waals surface area contributed by atoms with Crippen LogP contribution < -0.4 is 4.90 Å². The number of rotatable bonds is 3. The summed E-state index contributed by atoms with van der Waals surface area (Å²) in [4.78, 5) is 13.1. The molecule has 1 amide bonds. The van der Waals surface area contributed by atoms with E-state index in [-0.39, 0.29) is 19.6 Å². The van der Waals surface area contributed by atoms with Crippen molar-refractivity contribution in [2.24, 2.45) is 0 Å². The smallest absolute Gasteiger partial charge is 0.307 e. The molecular weight excluding hydrogens is 273 g/mol. The third kappa shape index (κ3) is 2.62. The molecule has 0 radical (unpaired) electrons. The highest BCUT2D eigenvalue weighted by atomic mass is 32.3. The van der Waals surface area contributed by atoms with Crippen LogP contribution in [-0.2, 0) is 21.6 Å². The molecule has 1 heterocycles. The number of amides is 1. The van der Waals surface area contributed by atoms with Gasteiger partial charge in [0, 0.05) is 18.7 Å². The fourth-order valence-corrected chi connectivity index (χ4v) is 2.90. The molecule has 0 aromatic heterocycles. The number of hydrogen-bond acceptors (Lipinski definition) is 4. The Morgan fingerprint density at radius 3 is 2.68 bits per heavy atom. The average molecular weight is 287 g/mol. The molecule has 19 heavy (non-hydrogen) atoms. The van der Waals surface area contributed by atoms with E-state index in [2.05, 4.69) is 0 Å². The molecule has 1 aliphatic rings. The van der Waals surface area contributed by atoms with Crippen LogP contribution in [-0.4, -0.2) is 31.2 Å². The Labute approximate surface area is 110 Å². The van der Waals surface area contributed by atoms with E-state index in [1.165, 1.54) is 4.90 Å². The van der Waals surface area contributed by atoms with Crippen molar-refractivity contribution >= 4 is 21.8 Å². The zero-order valence-corrected chi connectivity index (χ0v) is 11.2. The minimum Gasteiger partial charge on any atom is -0.392 e. The van der Waals surface area contributed by atoms with Crippen molar-refractivity contribution in [3.8, 4) is 0 Å². The lowest BCUT2D eigenvalue weighted by atomic mass is 10.1. The van der Waals surface area contributed by atoms with Crippen LogP contribution in [0.25, 0.3) is 0 Å². The van der Waals surface area contributed by atoms with Crippen LogP contribution in [0.5, 0.6) is 0 Å². The number of aliphatic hydroxyl groups is 1. The number of carbonyl (C=O) groups excluding carboxylic acids is 1. The van der Waals surface area contributed by atoms with Crippen molar-refractivity contribution in [3.63, 3.8) is 0 Å². The van der Waals surface area contributed by atoms with Crippen molar-refractivity contribution in [1.82, 2.24) is 0 Å². The van der Waals surface area contributed by atoms with Gasteiger partial charge in [-0.2, -0.15) is 8.42 Å². The highest BCUT2D eigenvalue weighted by Gasteiger charge is 2.39. The van der Waals surface area contributed by atoms with Crippen molar-refractivity contribution in [1.29, 1.82) is 0 Å². The number of aliphatic hydroxyl groups excluding tert-OH is 1. The fourth-order valence-electron chi connectivity index (χ4n) is 2.23. The Balaban J connectivity index is 2.36. The summed E-state index contributed by atoms with van der Waals surface area (Å²) >= 11 is 0. The monoisotopic (exact) mass is 287 g/mol. The number of halogens is 1. The Bertz CT molecular complexity index is 614. The van der Waals surface area contributed by atoms with Crippen LogP contribution in [0.3, 0.4) is 0 Å². The average Bonchev–Trinajstić information content (AvgIpc) is 2.71. The molecule has 1 aliphatic heterocycles. The number of anilines is 1. The van der Waals surface area contributed by atoms with Crippen molar-refractivity contribution in [3.05, 3.63) is 29.3 Å². The van der Waals surface area contributed by atoms with Gasteiger partial charge in [0.05, 0.1) is 6.61 Å². The molecule has 1 fully saturated rings. The van der Waals surface area contributed by atoms with E-state index in [1.54, 1.807) is 25.1 Å². The van der Waals surface area contributed by atoms with E-state index in [9.17, 15) is 22.2 Å². The molecular formula is C12H14FNO4S. The highest BCUT2D eigenvalue weighted by molar-refractivity contribution is 7.87. The third-order valence-electron chi connectivity index (χ3n) is 3.37. The second-order valence-electron chi connectivity index (χ2n) is 4.53. The summed E-state index contributed by atoms with van der Waals surface area (Å²) in [7, 11) is -4.72. The van der Waals surface area contributed by atoms with Crippen LogP contribution in [0.4, 0.5) is 9.57 Å². The summed E-state index contributed by atoms with van der Waals surface area (Å²) in [6.07, 6.45) is -0.346. The highest BCUT2D eigenvalue weighted by Crippen LogP contribution is 2.29. The maximum absolute atomic E-state index is 13.0. The lowest BCUT2D eigenvalue weighted by Gasteiger charge is -2.20. The molecule has 0 spiro atoms. The van der Waals surface area contributed by atoms with Gasteiger partial charge in [0.2, 0.25) is 5.91 Å². The molecule has 1 atom stereocenters. The van der Waals surface area contributed by atoms with Crippen LogP contribution >= 0.6 is 0 Å². The van der Waals surface area contributed by atoms with Gasteiger partial charge in [-0.15, -0.1) is 3.89 Å². The van der Waals surface area contributed by atoms with Crippen molar-refractivity contribution < 1.29 is 22.2 Å². The van der Waals surface area contributed by atoms with E-state index < -0.39 is 21.4 Å². The molecule has 1 saturated heterocycles. The van der Waals surface area contributed by atoms with Gasteiger partial charge in [-0.05, 0) is 24.1 Å². The van der Waals surface area contributed by atoms with Crippen LogP contribution in [0.2, 0.25) is 0 Å². The normalized spacial score (nSPS) is 20.1. The summed E-state index contributed by atoms with van der Waals surface area (Å²) in [5.74, 6) is -0.426. The van der Waals surface area contributed by atoms with Crippen LogP contribution in [0.15, 0.2) is 18.2 Å². The van der Waals surface area contributed by atoms with Gasteiger partial charge in [0.25, 0.3) is 0 Å². The van der Waals surface area contributed by atoms with Crippen LogP contribution in [0.1, 0.15) is 17.5 Å². The largest absolute Gasteiger partial charge is 0.392 e. The summed E-state index contributed by atoms with van der Waals surface area (Å²) in [6, 6.07) is 5.03. The van der Waals surface area contributed by atoms with E-state index in [0.717, 1.165) is 0 Å². The minimum absolute atomic E-state index is 0.174. The van der Waals surface area contributed by atoms with Gasteiger partial charge < -0.3 is 10.0 Å². The van der Waals surface area contributed by atoms with Crippen molar-refractivity contribution in [2.45, 2.75) is 25.2 Å². The SMILES string of the molecule is Cc1c(CO)cccc1N1CC(S(=O)(=O)F)CC1=O. The Hall–Kier alpha value is -1.47. The predicted octanol–water partition coefficient (Wildman–Crippen LogP) is 0.892. The first-order valence-corrected chi connectivity index (χ1v) is 7.22. The van der Waals surface area contributed by atoms with Gasteiger partial charge in [0.1, 0.15) is 5.25 Å². The zero-order valence-electron chi connectivity index (χ0n) is 10.3. The minimum atomic E-state index is -4.72. The molecule has 5 nitrogen and oxygen atoms in total. The Morgan fingerprint density at radius 2 is 2.16 bits per heavy atom. The third-order valence-corrected chi connectivity index (χ3v) is 4.48. The first-order chi connectivity index (χ1) is 8.84. The molecule has 7 heteroatoms. The summed E-state index contributed by atoms with van der Waals surface area (Å²) in [5, 5.41) is 7.87. The van der Waals surface area contributed by atoms with Gasteiger partial charge in [-0.1, -0.05) is 12.1 Å². The lowest BCUT2D eigenvalue weighted by Crippen LogP contribution is -2.27. The topological polar surface area (TPSA) is 74.7 Å². The fraction of sp³-hybridized carbons (Fsp3) is 0.417. The summed E-state index contributed by atoms with van der Waals surface area (Å²) < 4.78 is 34.7. The van der Waals surface area contributed by atoms with Gasteiger partial charge >= 0.3 is 10.2 Å². The van der Waals surface area contributed by atoms with Gasteiger partial charge in [-0.25, -0.2) is 0 Å². The number of benzene rings is 1. The van der Waals surface area contributed by atoms with E-state index >= 15 is 0 Å². The molecule has 0 aliphatic carbocycles. The van der Waals surface area contributed by atoms with E-state index in [4.69, 9.17) is 0 Å². The molecule has 1 aromatic carbocycles. The quantitative estimate of drug-likeness (QED) is 0.838. The summed E-state index contributed by atoms with van der Waals surface area (Å²) in [5.41, 5.74) is 1.86. The first-order valence-electron chi connectivity index (χ1n) is 5.77. The predicted molar refractivity (Wildman–Crippen MR) is 67.9 cm³/mol. The van der Waals surface area contributed by atoms with E-state index in [1.807, 2.05) is 0 Å². The maximum Gasteiger partial charge on any atom is 0.307 e. The first kappa shape index (κ1) is 14.0. The molecule has 1 unspecified atom stereocenters. The number of hydrogen-bond donors (Lipinski definition) is 1. The Morgan fingerprint density at radius 1 is 1.47 bits per heavy atom. The molecule has 104 valence electrons. The zero-order chi connectivity index (χ0) is 14.2. The number of nitrogens with zero attached hydrogens (tertiary/aromatic N) is 1. The van der Waals surface area contributed by atoms with E-state index in [0.29, 0.717) is 16.8 Å². The molecule has 0 saturated carbocycles. The second kappa shape index (κ2) is 4.90. The summed E-state index contributed by atoms with van der Waals surface area (Å²) in [6.45, 7) is 1.37. The molecule has 1 aromatic rings. The lowest BCUT2D eigenvalue weighted by molar-refractivity contribution is -0.117. The standard InChI is InChI=1S/C12H14FNO4S/c1-8-9(7-15)3-2-4-11(8)14-6-10(5-12(14)16)19(13,17)18/h2-4,10,15H,5-7H2,1H3. The molecule has 1 N–H and O–H groups in total. The second-order valence-corrected chi connectivity index (χ2v) is 6.14. The van der Waals surface area contributed by atoms with Crippen LogP contribution in [0, 0.1) is 6.92 Å². The molecule has 2 rings (SSSR count). The van der Waals surface area contributed by atoms with Gasteiger partial charge in [0.15, 0.2) is 0 Å². The maximum atomic E-state index is 13.0. The Kier molecular flexibility index (Phi) is 3.60. The van der Waals surface area contributed by atoms with Gasteiger partial charge in [-0.3, -0.25) is 4.79 Å². The van der Waals surface area contributed by atoms with Crippen molar-refractivity contribution in [2.75, 3.05) is 11.4 Å². The molecule has 0 bridgehead atoms. The number of carbonyl (C=O) groups is 1.